The molecule has 0 heterocycles. The second kappa shape index (κ2) is 65.7. The molecule has 450 valence electrons. The van der Waals surface area contributed by atoms with Crippen molar-refractivity contribution in [3.63, 3.8) is 0 Å². The summed E-state index contributed by atoms with van der Waals surface area (Å²) in [6.07, 6.45) is 78.5. The summed E-state index contributed by atoms with van der Waals surface area (Å²) < 4.78 is 16.9. The average Bonchev–Trinajstić information content (AvgIpc) is 3.42. The molecular weight excluding hydrogens is 937 g/mol. The quantitative estimate of drug-likeness (QED) is 0.0261. The van der Waals surface area contributed by atoms with Gasteiger partial charge in [0, 0.05) is 19.3 Å². The molecule has 0 radical (unpaired) electrons. The van der Waals surface area contributed by atoms with Gasteiger partial charge in [-0.05, 0) is 38.5 Å². The summed E-state index contributed by atoms with van der Waals surface area (Å²) in [6, 6.07) is 0. The van der Waals surface area contributed by atoms with Crippen molar-refractivity contribution in [3.8, 4) is 0 Å². The third-order valence-corrected chi connectivity index (χ3v) is 16.0. The normalized spacial score (nSPS) is 12.0. The molecular formula is C70H134O6. The average molecular weight is 1070 g/mol. The second-order valence-corrected chi connectivity index (χ2v) is 23.8. The summed E-state index contributed by atoms with van der Waals surface area (Å²) in [6.45, 7) is 6.66. The van der Waals surface area contributed by atoms with E-state index in [1.54, 1.807) is 0 Å². The summed E-state index contributed by atoms with van der Waals surface area (Å²) in [7, 11) is 0. The number of unbranched alkanes of at least 4 members (excludes halogenated alkanes) is 52. The van der Waals surface area contributed by atoms with Crippen molar-refractivity contribution in [2.24, 2.45) is 0 Å². The van der Waals surface area contributed by atoms with Crippen LogP contribution >= 0.6 is 0 Å². The van der Waals surface area contributed by atoms with Gasteiger partial charge < -0.3 is 14.2 Å². The van der Waals surface area contributed by atoms with Crippen LogP contribution in [0.25, 0.3) is 0 Å². The Morgan fingerprint density at radius 3 is 0.697 bits per heavy atom. The van der Waals surface area contributed by atoms with Crippen molar-refractivity contribution in [3.05, 3.63) is 12.2 Å². The van der Waals surface area contributed by atoms with E-state index in [0.717, 1.165) is 64.2 Å². The van der Waals surface area contributed by atoms with E-state index in [0.29, 0.717) is 19.3 Å². The molecule has 0 rings (SSSR count). The lowest BCUT2D eigenvalue weighted by molar-refractivity contribution is -0.167. The Kier molecular flexibility index (Phi) is 64.1. The van der Waals surface area contributed by atoms with Crippen LogP contribution in [0.5, 0.6) is 0 Å². The molecule has 1 unspecified atom stereocenters. The Morgan fingerprint density at radius 2 is 0.447 bits per heavy atom. The smallest absolute Gasteiger partial charge is 0.306 e. The van der Waals surface area contributed by atoms with Crippen LogP contribution in [0.15, 0.2) is 12.2 Å². The minimum atomic E-state index is -0.768. The molecule has 0 N–H and O–H groups in total. The molecule has 6 heteroatoms. The van der Waals surface area contributed by atoms with E-state index in [1.165, 1.54) is 295 Å². The summed E-state index contributed by atoms with van der Waals surface area (Å²) in [5.41, 5.74) is 0. The van der Waals surface area contributed by atoms with Gasteiger partial charge in [0.1, 0.15) is 13.2 Å². The molecule has 1 atom stereocenters. The maximum atomic E-state index is 12.8. The maximum Gasteiger partial charge on any atom is 0.306 e. The number of carbonyl (C=O) groups is 3. The predicted octanol–water partition coefficient (Wildman–Crippen LogP) is 23.6. The standard InChI is InChI=1S/C70H134O6/c1-4-7-10-13-16-19-22-24-25-26-27-28-29-30-31-32-33-34-35-36-37-38-39-40-41-42-43-44-45-46-49-51-54-57-60-63-69(72)75-66-67(65-74-68(71)62-59-56-53-50-47-21-18-15-12-9-6-3)76-70(73)64-61-58-55-52-48-23-20-17-14-11-8-5-2/h15,18,67H,4-14,16-17,19-66H2,1-3H3/b18-15-. The van der Waals surface area contributed by atoms with Gasteiger partial charge in [0.2, 0.25) is 0 Å². The summed E-state index contributed by atoms with van der Waals surface area (Å²) in [5, 5.41) is 0. The van der Waals surface area contributed by atoms with Gasteiger partial charge in [-0.2, -0.15) is 0 Å². The Bertz CT molecular complexity index is 1180. The lowest BCUT2D eigenvalue weighted by Gasteiger charge is -2.18. The molecule has 0 saturated heterocycles. The number of hydrogen-bond donors (Lipinski definition) is 0. The largest absolute Gasteiger partial charge is 0.462 e. The van der Waals surface area contributed by atoms with Crippen LogP contribution in [0.1, 0.15) is 400 Å². The Labute approximate surface area is 475 Å². The number of hydrogen-bond acceptors (Lipinski definition) is 6. The molecule has 0 saturated carbocycles. The number of carbonyl (C=O) groups excluding carboxylic acids is 3. The van der Waals surface area contributed by atoms with Crippen LogP contribution < -0.4 is 0 Å². The van der Waals surface area contributed by atoms with Crippen LogP contribution in [0.4, 0.5) is 0 Å². The van der Waals surface area contributed by atoms with Gasteiger partial charge in [-0.25, -0.2) is 0 Å². The van der Waals surface area contributed by atoms with Crippen molar-refractivity contribution in [2.45, 2.75) is 406 Å². The second-order valence-electron chi connectivity index (χ2n) is 23.8. The molecule has 0 fully saturated rings. The van der Waals surface area contributed by atoms with Crippen LogP contribution in [-0.2, 0) is 28.6 Å². The van der Waals surface area contributed by atoms with Gasteiger partial charge in [0.25, 0.3) is 0 Å². The Balaban J connectivity index is 3.92. The van der Waals surface area contributed by atoms with E-state index in [2.05, 4.69) is 32.9 Å². The third kappa shape index (κ3) is 63.0. The molecule has 0 bridgehead atoms. The van der Waals surface area contributed by atoms with Gasteiger partial charge in [-0.15, -0.1) is 0 Å². The van der Waals surface area contributed by atoms with Gasteiger partial charge in [0.15, 0.2) is 6.10 Å². The van der Waals surface area contributed by atoms with E-state index in [1.807, 2.05) is 0 Å². The third-order valence-electron chi connectivity index (χ3n) is 16.0. The molecule has 0 aliphatic rings. The zero-order valence-electron chi connectivity index (χ0n) is 51.8. The minimum absolute atomic E-state index is 0.0666. The monoisotopic (exact) mass is 1070 g/mol. The van der Waals surface area contributed by atoms with Crippen molar-refractivity contribution in [2.75, 3.05) is 13.2 Å². The van der Waals surface area contributed by atoms with Crippen molar-refractivity contribution >= 4 is 17.9 Å². The van der Waals surface area contributed by atoms with Crippen LogP contribution in [0, 0.1) is 0 Å². The fraction of sp³-hybridized carbons (Fsp3) is 0.929. The highest BCUT2D eigenvalue weighted by atomic mass is 16.6. The molecule has 0 aromatic rings. The van der Waals surface area contributed by atoms with E-state index in [4.69, 9.17) is 14.2 Å². The first-order valence-electron chi connectivity index (χ1n) is 34.7. The molecule has 0 aromatic carbocycles. The Hall–Kier alpha value is -1.85. The molecule has 0 spiro atoms. The number of rotatable bonds is 65. The van der Waals surface area contributed by atoms with E-state index < -0.39 is 6.10 Å². The molecule has 76 heavy (non-hydrogen) atoms. The minimum Gasteiger partial charge on any atom is -0.462 e. The van der Waals surface area contributed by atoms with Crippen molar-refractivity contribution in [1.82, 2.24) is 0 Å². The molecule has 0 aliphatic heterocycles. The van der Waals surface area contributed by atoms with Gasteiger partial charge in [-0.1, -0.05) is 354 Å². The summed E-state index contributed by atoms with van der Waals surface area (Å²) >= 11 is 0. The van der Waals surface area contributed by atoms with Gasteiger partial charge >= 0.3 is 17.9 Å². The predicted molar refractivity (Wildman–Crippen MR) is 330 cm³/mol. The molecule has 0 aromatic heterocycles. The fourth-order valence-electron chi connectivity index (χ4n) is 10.8. The molecule has 0 aliphatic carbocycles. The first-order chi connectivity index (χ1) is 37.5. The topological polar surface area (TPSA) is 78.9 Å². The summed E-state index contributed by atoms with van der Waals surface area (Å²) in [5.74, 6) is -0.851. The highest BCUT2D eigenvalue weighted by molar-refractivity contribution is 5.71. The number of ether oxygens (including phenoxy) is 3. The lowest BCUT2D eigenvalue weighted by atomic mass is 10.0. The SMILES string of the molecule is CCCC/C=C\CCCCCCCC(=O)OCC(COC(=O)CCCCCCCCCCCCCCCCCCCCCCCCCCCCCCCCCCCCC)OC(=O)CCCCCCCCCCCCCC. The number of esters is 3. The van der Waals surface area contributed by atoms with E-state index >= 15 is 0 Å². The van der Waals surface area contributed by atoms with Gasteiger partial charge in [-0.3, -0.25) is 14.4 Å². The van der Waals surface area contributed by atoms with Crippen LogP contribution in [0.2, 0.25) is 0 Å². The van der Waals surface area contributed by atoms with Crippen LogP contribution in [-0.4, -0.2) is 37.2 Å². The number of allylic oxidation sites excluding steroid dienone is 2. The maximum absolute atomic E-state index is 12.8. The highest BCUT2D eigenvalue weighted by Gasteiger charge is 2.19. The highest BCUT2D eigenvalue weighted by Crippen LogP contribution is 2.19. The first-order valence-corrected chi connectivity index (χ1v) is 34.7. The van der Waals surface area contributed by atoms with Gasteiger partial charge in [0.05, 0.1) is 0 Å². The zero-order chi connectivity index (χ0) is 55.0. The van der Waals surface area contributed by atoms with Crippen molar-refractivity contribution < 1.29 is 28.6 Å². The first kappa shape index (κ1) is 74.2. The zero-order valence-corrected chi connectivity index (χ0v) is 51.8. The van der Waals surface area contributed by atoms with E-state index in [9.17, 15) is 14.4 Å². The Morgan fingerprint density at radius 1 is 0.250 bits per heavy atom. The van der Waals surface area contributed by atoms with E-state index in [-0.39, 0.29) is 31.1 Å². The summed E-state index contributed by atoms with van der Waals surface area (Å²) in [4.78, 5) is 38.1. The lowest BCUT2D eigenvalue weighted by Crippen LogP contribution is -2.30. The molecule has 6 nitrogen and oxygen atoms in total. The fourth-order valence-corrected chi connectivity index (χ4v) is 10.8. The van der Waals surface area contributed by atoms with Crippen LogP contribution in [0.3, 0.4) is 0 Å². The molecule has 0 amide bonds. The van der Waals surface area contributed by atoms with Crippen molar-refractivity contribution in [1.29, 1.82) is 0 Å².